The molecule has 1 N–H and O–H groups in total. The van der Waals surface area contributed by atoms with E-state index in [0.29, 0.717) is 12.1 Å². The lowest BCUT2D eigenvalue weighted by Crippen LogP contribution is -2.01. The van der Waals surface area contributed by atoms with Crippen molar-refractivity contribution in [2.24, 2.45) is 0 Å². The molecular formula is C13H10N4O2S. The van der Waals surface area contributed by atoms with Gasteiger partial charge in [-0.1, -0.05) is 0 Å². The topological polar surface area (TPSA) is 81.0 Å². The van der Waals surface area contributed by atoms with Gasteiger partial charge in [0.15, 0.2) is 0 Å². The van der Waals surface area contributed by atoms with Crippen LogP contribution in [0.2, 0.25) is 0 Å². The van der Waals surface area contributed by atoms with Crippen molar-refractivity contribution in [3.8, 4) is 0 Å². The third kappa shape index (κ3) is 2.30. The molecule has 0 spiro atoms. The van der Waals surface area contributed by atoms with Crippen LogP contribution in [0.25, 0.3) is 10.9 Å². The van der Waals surface area contributed by atoms with Gasteiger partial charge in [0.05, 0.1) is 11.5 Å². The molecule has 3 rings (SSSR count). The van der Waals surface area contributed by atoms with Crippen molar-refractivity contribution in [1.29, 1.82) is 0 Å². The van der Waals surface area contributed by atoms with Crippen LogP contribution in [0.5, 0.6) is 0 Å². The largest absolute Gasteiger partial charge is 0.378 e. The minimum Gasteiger partial charge on any atom is -0.378 e. The molecule has 0 unspecified atom stereocenters. The zero-order valence-electron chi connectivity index (χ0n) is 10.3. The molecule has 100 valence electrons. The number of nitro benzene ring substituents is 1. The standard InChI is InChI=1S/C13H10N4O2S/c18-17(19)11-4-3-10(9-2-1-5-15-13(9)11)16-8-12-14-6-7-20-12/h1-7,16H,8H2. The molecule has 0 saturated carbocycles. The van der Waals surface area contributed by atoms with Gasteiger partial charge in [0.2, 0.25) is 0 Å². The summed E-state index contributed by atoms with van der Waals surface area (Å²) in [7, 11) is 0. The fourth-order valence-electron chi connectivity index (χ4n) is 1.97. The predicted octanol–water partition coefficient (Wildman–Crippen LogP) is 3.21. The summed E-state index contributed by atoms with van der Waals surface area (Å²) in [6, 6.07) is 6.76. The van der Waals surface area contributed by atoms with Gasteiger partial charge in [0.25, 0.3) is 5.69 Å². The molecule has 6 nitrogen and oxygen atoms in total. The van der Waals surface area contributed by atoms with Crippen molar-refractivity contribution in [2.75, 3.05) is 5.32 Å². The van der Waals surface area contributed by atoms with Crippen molar-refractivity contribution in [2.45, 2.75) is 6.54 Å². The molecule has 0 amide bonds. The number of aromatic nitrogens is 2. The van der Waals surface area contributed by atoms with Gasteiger partial charge in [0, 0.05) is 34.9 Å². The highest BCUT2D eigenvalue weighted by Crippen LogP contribution is 2.29. The molecule has 7 heteroatoms. The number of nitrogens with one attached hydrogen (secondary N) is 1. The highest BCUT2D eigenvalue weighted by atomic mass is 32.1. The van der Waals surface area contributed by atoms with E-state index < -0.39 is 4.92 Å². The van der Waals surface area contributed by atoms with E-state index >= 15 is 0 Å². The van der Waals surface area contributed by atoms with Crippen LogP contribution in [0, 0.1) is 10.1 Å². The van der Waals surface area contributed by atoms with E-state index in [-0.39, 0.29) is 5.69 Å². The van der Waals surface area contributed by atoms with Gasteiger partial charge in [-0.05, 0) is 18.2 Å². The zero-order chi connectivity index (χ0) is 13.9. The SMILES string of the molecule is O=[N+]([O-])c1ccc(NCc2nccs2)c2cccnc12. The molecule has 0 aliphatic carbocycles. The number of thiazole rings is 1. The molecule has 2 heterocycles. The van der Waals surface area contributed by atoms with E-state index in [4.69, 9.17) is 0 Å². The number of fused-ring (bicyclic) bond motifs is 1. The maximum atomic E-state index is 11.0. The predicted molar refractivity (Wildman–Crippen MR) is 77.8 cm³/mol. The second-order valence-electron chi connectivity index (χ2n) is 4.07. The maximum Gasteiger partial charge on any atom is 0.295 e. The lowest BCUT2D eigenvalue weighted by atomic mass is 10.1. The Labute approximate surface area is 118 Å². The Hall–Kier alpha value is -2.54. The summed E-state index contributed by atoms with van der Waals surface area (Å²) in [4.78, 5) is 18.9. The molecule has 2 aromatic heterocycles. The third-order valence-electron chi connectivity index (χ3n) is 2.86. The van der Waals surface area contributed by atoms with Crippen molar-refractivity contribution in [1.82, 2.24) is 9.97 Å². The quantitative estimate of drug-likeness (QED) is 0.588. The molecule has 3 aromatic rings. The van der Waals surface area contributed by atoms with Gasteiger partial charge in [-0.25, -0.2) is 9.97 Å². The van der Waals surface area contributed by atoms with Gasteiger partial charge in [-0.2, -0.15) is 0 Å². The minimum atomic E-state index is -0.417. The van der Waals surface area contributed by atoms with Crippen LogP contribution in [0.15, 0.2) is 42.0 Å². The Bertz CT molecular complexity index is 758. The van der Waals surface area contributed by atoms with E-state index in [1.54, 1.807) is 35.9 Å². The van der Waals surface area contributed by atoms with Crippen LogP contribution in [0.1, 0.15) is 5.01 Å². The van der Waals surface area contributed by atoms with E-state index in [2.05, 4.69) is 15.3 Å². The van der Waals surface area contributed by atoms with Crippen LogP contribution < -0.4 is 5.32 Å². The number of rotatable bonds is 4. The molecule has 0 aliphatic rings. The number of benzene rings is 1. The third-order valence-corrected chi connectivity index (χ3v) is 3.64. The first-order chi connectivity index (χ1) is 9.75. The number of anilines is 1. The zero-order valence-corrected chi connectivity index (χ0v) is 11.1. The van der Waals surface area contributed by atoms with Gasteiger partial charge in [-0.15, -0.1) is 11.3 Å². The smallest absolute Gasteiger partial charge is 0.295 e. The Morgan fingerprint density at radius 1 is 1.25 bits per heavy atom. The molecule has 0 aliphatic heterocycles. The Kier molecular flexibility index (Phi) is 3.26. The minimum absolute atomic E-state index is 0.0143. The van der Waals surface area contributed by atoms with E-state index in [1.807, 2.05) is 11.4 Å². The van der Waals surface area contributed by atoms with Gasteiger partial charge < -0.3 is 5.32 Å². The number of hydrogen-bond donors (Lipinski definition) is 1. The summed E-state index contributed by atoms with van der Waals surface area (Å²) in [6.07, 6.45) is 3.30. The average molecular weight is 286 g/mol. The Balaban J connectivity index is 1.99. The van der Waals surface area contributed by atoms with Crippen molar-refractivity contribution < 1.29 is 4.92 Å². The monoisotopic (exact) mass is 286 g/mol. The molecular weight excluding hydrogens is 276 g/mol. The van der Waals surface area contributed by atoms with Crippen LogP contribution in [-0.2, 0) is 6.54 Å². The van der Waals surface area contributed by atoms with Crippen molar-refractivity contribution in [3.63, 3.8) is 0 Å². The number of nitrogens with zero attached hydrogens (tertiary/aromatic N) is 3. The molecule has 0 bridgehead atoms. The van der Waals surface area contributed by atoms with E-state index in [0.717, 1.165) is 16.1 Å². The fourth-order valence-corrected chi connectivity index (χ4v) is 2.53. The fraction of sp³-hybridized carbons (Fsp3) is 0.0769. The van der Waals surface area contributed by atoms with Crippen molar-refractivity contribution in [3.05, 3.63) is 57.2 Å². The summed E-state index contributed by atoms with van der Waals surface area (Å²) in [5, 5.41) is 17.9. The Morgan fingerprint density at radius 2 is 2.15 bits per heavy atom. The normalized spacial score (nSPS) is 10.6. The second-order valence-corrected chi connectivity index (χ2v) is 5.05. The van der Waals surface area contributed by atoms with E-state index in [1.165, 1.54) is 6.07 Å². The first-order valence-electron chi connectivity index (χ1n) is 5.90. The first kappa shape index (κ1) is 12.5. The molecule has 20 heavy (non-hydrogen) atoms. The summed E-state index contributed by atoms with van der Waals surface area (Å²) in [5.74, 6) is 0. The summed E-state index contributed by atoms with van der Waals surface area (Å²) in [5.41, 5.74) is 1.22. The van der Waals surface area contributed by atoms with E-state index in [9.17, 15) is 10.1 Å². The molecule has 0 saturated heterocycles. The number of pyridine rings is 1. The average Bonchev–Trinajstić information content (AvgIpc) is 2.97. The molecule has 0 radical (unpaired) electrons. The maximum absolute atomic E-state index is 11.0. The lowest BCUT2D eigenvalue weighted by Gasteiger charge is -2.08. The molecule has 1 aromatic carbocycles. The van der Waals surface area contributed by atoms with Gasteiger partial charge in [-0.3, -0.25) is 10.1 Å². The summed E-state index contributed by atoms with van der Waals surface area (Å²) in [6.45, 7) is 0.583. The number of nitro groups is 1. The van der Waals surface area contributed by atoms with Crippen LogP contribution in [-0.4, -0.2) is 14.9 Å². The highest BCUT2D eigenvalue weighted by Gasteiger charge is 2.15. The summed E-state index contributed by atoms with van der Waals surface area (Å²) < 4.78 is 0. The number of hydrogen-bond acceptors (Lipinski definition) is 6. The molecule has 0 atom stereocenters. The Morgan fingerprint density at radius 3 is 2.90 bits per heavy atom. The van der Waals surface area contributed by atoms with Gasteiger partial charge >= 0.3 is 0 Å². The van der Waals surface area contributed by atoms with Gasteiger partial charge in [0.1, 0.15) is 10.5 Å². The first-order valence-corrected chi connectivity index (χ1v) is 6.78. The second kappa shape index (κ2) is 5.22. The highest BCUT2D eigenvalue weighted by molar-refractivity contribution is 7.09. The molecule has 0 fully saturated rings. The lowest BCUT2D eigenvalue weighted by molar-refractivity contribution is -0.383. The van der Waals surface area contributed by atoms with Crippen LogP contribution in [0.3, 0.4) is 0 Å². The van der Waals surface area contributed by atoms with Crippen molar-refractivity contribution >= 4 is 33.6 Å². The number of non-ortho nitro benzene ring substituents is 1. The van der Waals surface area contributed by atoms with Crippen LogP contribution >= 0.6 is 11.3 Å². The van der Waals surface area contributed by atoms with Crippen LogP contribution in [0.4, 0.5) is 11.4 Å². The summed E-state index contributed by atoms with van der Waals surface area (Å²) >= 11 is 1.56.